The first kappa shape index (κ1) is 11.9. The molecule has 6 heteroatoms. The molecular formula is C8H7FN2O3. The van der Waals surface area contributed by atoms with Crippen LogP contribution < -0.4 is 0 Å². The third kappa shape index (κ3) is 6.63. The number of rotatable bonds is 1. The average Bonchev–Trinajstić information content (AvgIpc) is 2.21. The fraction of sp³-hybridized carbons (Fsp3) is 0.125. The number of carbonyl (C=O) groups is 1. The van der Waals surface area contributed by atoms with Crippen molar-refractivity contribution in [2.45, 2.75) is 0 Å². The second-order valence-corrected chi connectivity index (χ2v) is 1.83. The Hall–Kier alpha value is -2.07. The molecule has 0 amide bonds. The summed E-state index contributed by atoms with van der Waals surface area (Å²) >= 11 is 0. The van der Waals surface area contributed by atoms with Gasteiger partial charge in [0.15, 0.2) is 5.82 Å². The fourth-order valence-corrected chi connectivity index (χ4v) is 0.467. The van der Waals surface area contributed by atoms with Gasteiger partial charge in [-0.15, -0.1) is 9.38 Å². The van der Waals surface area contributed by atoms with Gasteiger partial charge in [-0.1, -0.05) is 6.07 Å². The van der Waals surface area contributed by atoms with Gasteiger partial charge < -0.3 is 4.74 Å². The van der Waals surface area contributed by atoms with Crippen LogP contribution >= 0.6 is 0 Å². The van der Waals surface area contributed by atoms with Crippen molar-refractivity contribution in [1.82, 2.24) is 4.98 Å². The highest BCUT2D eigenvalue weighted by molar-refractivity contribution is 5.57. The van der Waals surface area contributed by atoms with Crippen LogP contribution in [0.5, 0.6) is 0 Å². The molecule has 1 aromatic rings. The van der Waals surface area contributed by atoms with Gasteiger partial charge in [-0.05, 0) is 12.1 Å². The minimum absolute atomic E-state index is 0.396. The number of nitrogens with zero attached hydrogens (tertiary/aromatic N) is 2. The average molecular weight is 198 g/mol. The van der Waals surface area contributed by atoms with Crippen molar-refractivity contribution >= 4 is 18.1 Å². The molecule has 1 heterocycles. The number of aliphatic imine (C=N–C) groups is 1. The lowest BCUT2D eigenvalue weighted by molar-refractivity contribution is 0.145. The van der Waals surface area contributed by atoms with E-state index >= 15 is 0 Å². The number of halogens is 1. The van der Waals surface area contributed by atoms with Crippen LogP contribution in [-0.4, -0.2) is 24.4 Å². The lowest BCUT2D eigenvalue weighted by atomic mass is 10.5. The van der Waals surface area contributed by atoms with Crippen LogP contribution in [0.1, 0.15) is 0 Å². The van der Waals surface area contributed by atoms with Gasteiger partial charge in [-0.25, -0.2) is 14.6 Å². The summed E-state index contributed by atoms with van der Waals surface area (Å²) in [5, 5.41) is 0. The zero-order valence-corrected chi connectivity index (χ0v) is 7.31. The summed E-state index contributed by atoms with van der Waals surface area (Å²) in [7, 11) is 0.975. The highest BCUT2D eigenvalue weighted by Crippen LogP contribution is 2.01. The van der Waals surface area contributed by atoms with Crippen LogP contribution in [0.15, 0.2) is 29.4 Å². The molecule has 14 heavy (non-hydrogen) atoms. The number of ether oxygens (including phenoxy) is 1. The molecule has 0 N–H and O–H groups in total. The Labute approximate surface area is 79.2 Å². The zero-order valence-electron chi connectivity index (χ0n) is 7.31. The summed E-state index contributed by atoms with van der Waals surface area (Å²) in [5.41, 5.74) is 0. The molecule has 0 fully saturated rings. The number of isocyanates is 1. The topological polar surface area (TPSA) is 68.6 Å². The van der Waals surface area contributed by atoms with E-state index in [1.54, 1.807) is 24.4 Å². The van der Waals surface area contributed by atoms with E-state index in [0.29, 0.717) is 5.82 Å². The van der Waals surface area contributed by atoms with E-state index in [2.05, 4.69) is 14.7 Å². The highest BCUT2D eigenvalue weighted by Gasteiger charge is 1.84. The maximum Gasteiger partial charge on any atom is 0.495 e. The summed E-state index contributed by atoms with van der Waals surface area (Å²) in [5.74, 6) is 0.396. The van der Waals surface area contributed by atoms with Gasteiger partial charge in [-0.3, -0.25) is 0 Å². The standard InChI is InChI=1S/C6H4N2O.C2H3FO2/c9-5-8-6-3-1-2-4-7-6;1-5-2(3)4/h1-4H;1H3. The maximum atomic E-state index is 10.6. The molecule has 0 saturated carbocycles. The first-order valence-corrected chi connectivity index (χ1v) is 3.43. The molecule has 74 valence electrons. The van der Waals surface area contributed by atoms with Gasteiger partial charge in [0, 0.05) is 6.20 Å². The Bertz CT molecular complexity index is 323. The lowest BCUT2D eigenvalue weighted by Crippen LogP contribution is -1.82. The van der Waals surface area contributed by atoms with Gasteiger partial charge in [0.25, 0.3) is 0 Å². The van der Waals surface area contributed by atoms with E-state index in [1.807, 2.05) is 0 Å². The summed E-state index contributed by atoms with van der Waals surface area (Å²) < 4.78 is 14.0. The van der Waals surface area contributed by atoms with E-state index in [9.17, 15) is 9.18 Å². The third-order valence-electron chi connectivity index (χ3n) is 0.970. The molecule has 0 aliphatic carbocycles. The normalized spacial score (nSPS) is 7.57. The molecule has 0 saturated heterocycles. The first-order chi connectivity index (χ1) is 6.70. The molecule has 0 bridgehead atoms. The monoisotopic (exact) mass is 198 g/mol. The first-order valence-electron chi connectivity index (χ1n) is 3.43. The van der Waals surface area contributed by atoms with Crippen molar-refractivity contribution in [3.05, 3.63) is 24.4 Å². The van der Waals surface area contributed by atoms with Gasteiger partial charge in [0.2, 0.25) is 6.08 Å². The SMILES string of the molecule is COC(=O)F.O=C=Nc1ccccn1. The lowest BCUT2D eigenvalue weighted by Gasteiger charge is -1.82. The zero-order chi connectivity index (χ0) is 10.8. The molecule has 0 radical (unpaired) electrons. The molecular weight excluding hydrogens is 191 g/mol. The second-order valence-electron chi connectivity index (χ2n) is 1.83. The Morgan fingerprint density at radius 1 is 1.64 bits per heavy atom. The van der Waals surface area contributed by atoms with Crippen LogP contribution in [0.25, 0.3) is 0 Å². The Kier molecular flexibility index (Phi) is 6.45. The molecule has 1 rings (SSSR count). The number of hydrogen-bond acceptors (Lipinski definition) is 5. The predicted molar refractivity (Wildman–Crippen MR) is 45.5 cm³/mol. The Morgan fingerprint density at radius 2 is 2.29 bits per heavy atom. The van der Waals surface area contributed by atoms with Gasteiger partial charge in [-0.2, -0.15) is 0 Å². The number of methoxy groups -OCH3 is 1. The van der Waals surface area contributed by atoms with Crippen molar-refractivity contribution in [3.8, 4) is 0 Å². The van der Waals surface area contributed by atoms with Crippen molar-refractivity contribution in [3.63, 3.8) is 0 Å². The maximum absolute atomic E-state index is 10.6. The van der Waals surface area contributed by atoms with E-state index < -0.39 is 6.22 Å². The molecule has 0 unspecified atom stereocenters. The number of aromatic nitrogens is 1. The van der Waals surface area contributed by atoms with Crippen molar-refractivity contribution in [1.29, 1.82) is 0 Å². The van der Waals surface area contributed by atoms with E-state index in [-0.39, 0.29) is 0 Å². The van der Waals surface area contributed by atoms with Gasteiger partial charge in [0.1, 0.15) is 0 Å². The van der Waals surface area contributed by atoms with Crippen molar-refractivity contribution in [2.24, 2.45) is 4.99 Å². The summed E-state index contributed by atoms with van der Waals surface area (Å²) in [6.07, 6.45) is 1.22. The summed E-state index contributed by atoms with van der Waals surface area (Å²) in [6, 6.07) is 5.14. The van der Waals surface area contributed by atoms with E-state index in [0.717, 1.165) is 7.11 Å². The van der Waals surface area contributed by atoms with Crippen LogP contribution in [0.3, 0.4) is 0 Å². The largest absolute Gasteiger partial charge is 0.495 e. The molecule has 0 atom stereocenters. The minimum Gasteiger partial charge on any atom is -0.444 e. The molecule has 0 aromatic carbocycles. The number of carbonyl (C=O) groups excluding carboxylic acids is 2. The predicted octanol–water partition coefficient (Wildman–Crippen LogP) is 1.77. The van der Waals surface area contributed by atoms with E-state index in [1.165, 1.54) is 6.08 Å². The third-order valence-corrected chi connectivity index (χ3v) is 0.970. The van der Waals surface area contributed by atoms with Gasteiger partial charge >= 0.3 is 6.22 Å². The molecule has 1 aromatic heterocycles. The molecule has 0 spiro atoms. The molecule has 0 aliphatic rings. The Balaban J connectivity index is 0.000000292. The summed E-state index contributed by atoms with van der Waals surface area (Å²) in [4.78, 5) is 25.6. The number of hydrogen-bond donors (Lipinski definition) is 0. The van der Waals surface area contributed by atoms with Gasteiger partial charge in [0.05, 0.1) is 7.11 Å². The Morgan fingerprint density at radius 3 is 2.64 bits per heavy atom. The fourth-order valence-electron chi connectivity index (χ4n) is 0.467. The van der Waals surface area contributed by atoms with E-state index in [4.69, 9.17) is 4.79 Å². The second kappa shape index (κ2) is 7.57. The van der Waals surface area contributed by atoms with Crippen molar-refractivity contribution in [2.75, 3.05) is 7.11 Å². The molecule has 5 nitrogen and oxygen atoms in total. The quantitative estimate of drug-likeness (QED) is 0.391. The van der Waals surface area contributed by atoms with Crippen molar-refractivity contribution < 1.29 is 18.7 Å². The van der Waals surface area contributed by atoms with Crippen LogP contribution in [-0.2, 0) is 9.53 Å². The van der Waals surface area contributed by atoms with Crippen LogP contribution in [0, 0.1) is 0 Å². The smallest absolute Gasteiger partial charge is 0.444 e. The molecule has 0 aliphatic heterocycles. The van der Waals surface area contributed by atoms with Crippen LogP contribution in [0.4, 0.5) is 15.0 Å². The number of pyridine rings is 1. The minimum atomic E-state index is -1.75. The highest BCUT2D eigenvalue weighted by atomic mass is 19.1. The summed E-state index contributed by atoms with van der Waals surface area (Å²) in [6.45, 7) is 0. The van der Waals surface area contributed by atoms with Crippen LogP contribution in [0.2, 0.25) is 0 Å².